The zero-order valence-corrected chi connectivity index (χ0v) is 8.31. The number of rotatable bonds is 4. The largest absolute Gasteiger partial charge is 0.460 e. The Bertz CT molecular complexity index is 213. The smallest absolute Gasteiger partial charge is 0.376 e. The Balaban J connectivity index is 2.36. The third-order valence-electron chi connectivity index (χ3n) is 2.43. The van der Waals surface area contributed by atoms with Gasteiger partial charge in [-0.2, -0.15) is 8.78 Å². The Morgan fingerprint density at radius 3 is 2.43 bits per heavy atom. The first-order valence-corrected chi connectivity index (χ1v) is 4.52. The number of hydrogen-bond donors (Lipinski definition) is 0. The second kappa shape index (κ2) is 3.81. The van der Waals surface area contributed by atoms with Crippen LogP contribution in [0.25, 0.3) is 0 Å². The molecule has 0 amide bonds. The lowest BCUT2D eigenvalue weighted by molar-refractivity contribution is -0.189. The molecule has 1 fully saturated rings. The lowest BCUT2D eigenvalue weighted by Gasteiger charge is -2.40. The first-order valence-electron chi connectivity index (χ1n) is 4.52. The molecule has 0 spiro atoms. The van der Waals surface area contributed by atoms with E-state index in [2.05, 4.69) is 4.74 Å². The normalized spacial score (nSPS) is 20.0. The molecule has 0 aromatic carbocycles. The van der Waals surface area contributed by atoms with Crippen LogP contribution >= 0.6 is 0 Å². The molecule has 0 N–H and O–H groups in total. The molecular formula is C9H14F2O3. The van der Waals surface area contributed by atoms with Gasteiger partial charge in [0, 0.05) is 6.92 Å². The van der Waals surface area contributed by atoms with Gasteiger partial charge in [0.1, 0.15) is 6.61 Å². The van der Waals surface area contributed by atoms with Gasteiger partial charge < -0.3 is 9.47 Å². The van der Waals surface area contributed by atoms with E-state index in [0.29, 0.717) is 20.1 Å². The van der Waals surface area contributed by atoms with Crippen molar-refractivity contribution in [3.05, 3.63) is 0 Å². The summed E-state index contributed by atoms with van der Waals surface area (Å²) in [4.78, 5) is 10.8. The van der Waals surface area contributed by atoms with Gasteiger partial charge in [0.2, 0.25) is 0 Å². The van der Waals surface area contributed by atoms with Gasteiger partial charge in [-0.05, 0) is 6.42 Å². The number of hydrogen-bond acceptors (Lipinski definition) is 3. The molecule has 1 saturated heterocycles. The van der Waals surface area contributed by atoms with Gasteiger partial charge in [0.05, 0.1) is 18.6 Å². The topological polar surface area (TPSA) is 35.5 Å². The van der Waals surface area contributed by atoms with Gasteiger partial charge in [-0.25, -0.2) is 4.79 Å². The molecule has 0 atom stereocenters. The minimum atomic E-state index is -3.40. The molecule has 82 valence electrons. The lowest BCUT2D eigenvalue weighted by atomic mass is 9.84. The van der Waals surface area contributed by atoms with E-state index in [9.17, 15) is 13.6 Å². The van der Waals surface area contributed by atoms with Crippen molar-refractivity contribution in [2.24, 2.45) is 5.41 Å². The summed E-state index contributed by atoms with van der Waals surface area (Å²) in [6, 6.07) is 0. The minimum absolute atomic E-state index is 0.0196. The highest BCUT2D eigenvalue weighted by Crippen LogP contribution is 2.32. The van der Waals surface area contributed by atoms with Gasteiger partial charge in [-0.3, -0.25) is 0 Å². The zero-order chi connectivity index (χ0) is 10.8. The Morgan fingerprint density at radius 1 is 1.57 bits per heavy atom. The van der Waals surface area contributed by atoms with Gasteiger partial charge >= 0.3 is 11.9 Å². The highest BCUT2D eigenvalue weighted by atomic mass is 19.3. The minimum Gasteiger partial charge on any atom is -0.460 e. The Morgan fingerprint density at radius 2 is 2.14 bits per heavy atom. The maximum atomic E-state index is 12.4. The van der Waals surface area contributed by atoms with E-state index in [0.717, 1.165) is 6.42 Å². The van der Waals surface area contributed by atoms with Crippen molar-refractivity contribution in [1.82, 2.24) is 0 Å². The molecule has 0 radical (unpaired) electrons. The van der Waals surface area contributed by atoms with Crippen LogP contribution in [-0.4, -0.2) is 31.7 Å². The van der Waals surface area contributed by atoms with E-state index < -0.39 is 11.9 Å². The fourth-order valence-corrected chi connectivity index (χ4v) is 1.13. The van der Waals surface area contributed by atoms with Crippen molar-refractivity contribution in [2.75, 3.05) is 19.8 Å². The number of ether oxygens (including phenoxy) is 2. The van der Waals surface area contributed by atoms with Crippen LogP contribution in [0.1, 0.15) is 20.3 Å². The van der Waals surface area contributed by atoms with Crippen molar-refractivity contribution >= 4 is 5.97 Å². The van der Waals surface area contributed by atoms with E-state index in [1.807, 2.05) is 6.92 Å². The van der Waals surface area contributed by atoms with E-state index >= 15 is 0 Å². The summed E-state index contributed by atoms with van der Waals surface area (Å²) < 4.78 is 34.3. The average Bonchev–Trinajstić information content (AvgIpc) is 2.01. The Kier molecular flexibility index (Phi) is 3.09. The van der Waals surface area contributed by atoms with Gasteiger partial charge in [-0.1, -0.05) is 6.92 Å². The van der Waals surface area contributed by atoms with Crippen LogP contribution in [0.3, 0.4) is 0 Å². The lowest BCUT2D eigenvalue weighted by Crippen LogP contribution is -2.47. The van der Waals surface area contributed by atoms with E-state index in [1.54, 1.807) is 0 Å². The molecule has 0 saturated carbocycles. The number of halogens is 2. The molecule has 0 aromatic heterocycles. The third-order valence-corrected chi connectivity index (χ3v) is 2.43. The molecule has 1 aliphatic heterocycles. The Labute approximate surface area is 81.4 Å². The first-order chi connectivity index (χ1) is 6.40. The first kappa shape index (κ1) is 11.4. The zero-order valence-electron chi connectivity index (χ0n) is 8.31. The highest BCUT2D eigenvalue weighted by molar-refractivity contribution is 5.76. The van der Waals surface area contributed by atoms with E-state index in [1.165, 1.54) is 0 Å². The SMILES string of the molecule is CCC1(COC(=O)C(C)(F)F)COC1. The maximum Gasteiger partial charge on any atom is 0.376 e. The summed E-state index contributed by atoms with van der Waals surface area (Å²) in [5, 5.41) is 0. The van der Waals surface area contributed by atoms with Crippen molar-refractivity contribution in [1.29, 1.82) is 0 Å². The van der Waals surface area contributed by atoms with Crippen molar-refractivity contribution in [2.45, 2.75) is 26.2 Å². The molecule has 0 aromatic rings. The average molecular weight is 208 g/mol. The molecule has 1 heterocycles. The van der Waals surface area contributed by atoms with Crippen LogP contribution in [0, 0.1) is 5.41 Å². The van der Waals surface area contributed by atoms with Crippen LogP contribution in [-0.2, 0) is 14.3 Å². The third kappa shape index (κ3) is 2.41. The molecule has 0 aliphatic carbocycles. The van der Waals surface area contributed by atoms with Crippen molar-refractivity contribution in [3.8, 4) is 0 Å². The highest BCUT2D eigenvalue weighted by Gasteiger charge is 2.41. The molecular weight excluding hydrogens is 194 g/mol. The summed E-state index contributed by atoms with van der Waals surface area (Å²) >= 11 is 0. The summed E-state index contributed by atoms with van der Waals surface area (Å²) in [7, 11) is 0. The summed E-state index contributed by atoms with van der Waals surface area (Å²) in [6.07, 6.45) is 0.759. The van der Waals surface area contributed by atoms with Crippen LogP contribution in [0.2, 0.25) is 0 Å². The Hall–Kier alpha value is -0.710. The van der Waals surface area contributed by atoms with Crippen molar-refractivity contribution in [3.63, 3.8) is 0 Å². The van der Waals surface area contributed by atoms with Crippen LogP contribution < -0.4 is 0 Å². The van der Waals surface area contributed by atoms with Crippen LogP contribution in [0.15, 0.2) is 0 Å². The van der Waals surface area contributed by atoms with Crippen LogP contribution in [0.4, 0.5) is 8.78 Å². The van der Waals surface area contributed by atoms with Gasteiger partial charge in [0.25, 0.3) is 0 Å². The fourth-order valence-electron chi connectivity index (χ4n) is 1.13. The number of carbonyl (C=O) groups is 1. The molecule has 5 heteroatoms. The maximum absolute atomic E-state index is 12.4. The number of alkyl halides is 2. The number of carbonyl (C=O) groups excluding carboxylic acids is 1. The van der Waals surface area contributed by atoms with Gasteiger partial charge in [0.15, 0.2) is 0 Å². The molecule has 3 nitrogen and oxygen atoms in total. The summed E-state index contributed by atoms with van der Waals surface area (Å²) in [5.74, 6) is -4.86. The monoisotopic (exact) mass is 208 g/mol. The molecule has 0 unspecified atom stereocenters. The quantitative estimate of drug-likeness (QED) is 0.658. The van der Waals surface area contributed by atoms with E-state index in [4.69, 9.17) is 4.74 Å². The fraction of sp³-hybridized carbons (Fsp3) is 0.889. The summed E-state index contributed by atoms with van der Waals surface area (Å²) in [6.45, 7) is 3.43. The second-order valence-electron chi connectivity index (χ2n) is 3.81. The second-order valence-corrected chi connectivity index (χ2v) is 3.81. The van der Waals surface area contributed by atoms with Gasteiger partial charge in [-0.15, -0.1) is 0 Å². The predicted octanol–water partition coefficient (Wildman–Crippen LogP) is 1.61. The standard InChI is InChI=1S/C9H14F2O3/c1-3-9(4-13-5-9)6-14-7(12)8(2,10)11/h3-6H2,1-2H3. The molecule has 0 bridgehead atoms. The number of esters is 1. The van der Waals surface area contributed by atoms with Crippen molar-refractivity contribution < 1.29 is 23.0 Å². The molecule has 1 rings (SSSR count). The van der Waals surface area contributed by atoms with Crippen LogP contribution in [0.5, 0.6) is 0 Å². The predicted molar refractivity (Wildman–Crippen MR) is 45.1 cm³/mol. The molecule has 14 heavy (non-hydrogen) atoms. The summed E-state index contributed by atoms with van der Waals surface area (Å²) in [5.41, 5.74) is -0.235. The molecule has 1 aliphatic rings. The van der Waals surface area contributed by atoms with E-state index in [-0.39, 0.29) is 12.0 Å².